The lowest BCUT2D eigenvalue weighted by atomic mass is 9.67. The highest BCUT2D eigenvalue weighted by atomic mass is 15.1. The Morgan fingerprint density at radius 3 is 1.63 bits per heavy atom. The van der Waals surface area contributed by atoms with Crippen molar-refractivity contribution in [3.63, 3.8) is 0 Å². The maximum Gasteiger partial charge on any atom is 0.0713 e. The second kappa shape index (κ2) is 15.4. The summed E-state index contributed by atoms with van der Waals surface area (Å²) in [5.41, 5.74) is 21.6. The molecule has 70 heavy (non-hydrogen) atoms. The summed E-state index contributed by atoms with van der Waals surface area (Å²) in [7, 11) is 0. The van der Waals surface area contributed by atoms with E-state index in [2.05, 4.69) is 278 Å². The molecule has 0 aliphatic heterocycles. The van der Waals surface area contributed by atoms with E-state index in [-0.39, 0.29) is 5.41 Å². The Morgan fingerprint density at radius 1 is 0.343 bits per heavy atom. The molecule has 1 heterocycles. The van der Waals surface area contributed by atoms with E-state index in [0.29, 0.717) is 0 Å². The zero-order valence-electron chi connectivity index (χ0n) is 39.1. The van der Waals surface area contributed by atoms with Gasteiger partial charge in [0.15, 0.2) is 0 Å². The van der Waals surface area contributed by atoms with Crippen LogP contribution < -0.4 is 4.90 Å². The van der Waals surface area contributed by atoms with E-state index in [4.69, 9.17) is 0 Å². The normalized spacial score (nSPS) is 13.8. The summed E-state index contributed by atoms with van der Waals surface area (Å²) < 4.78 is 2.45. The van der Waals surface area contributed by atoms with Crippen LogP contribution in [0.15, 0.2) is 255 Å². The van der Waals surface area contributed by atoms with E-state index in [1.165, 1.54) is 99.3 Å². The smallest absolute Gasteiger partial charge is 0.0713 e. The fourth-order valence-electron chi connectivity index (χ4n) is 12.5. The lowest BCUT2D eigenvalue weighted by Gasteiger charge is -2.34. The molecule has 11 aromatic carbocycles. The molecule has 2 heteroatoms. The Morgan fingerprint density at radius 2 is 0.900 bits per heavy atom. The van der Waals surface area contributed by atoms with Gasteiger partial charge in [-0.15, -0.1) is 0 Å². The van der Waals surface area contributed by atoms with Crippen molar-refractivity contribution in [1.29, 1.82) is 0 Å². The van der Waals surface area contributed by atoms with E-state index in [9.17, 15) is 0 Å². The van der Waals surface area contributed by atoms with Crippen molar-refractivity contribution < 1.29 is 0 Å². The van der Waals surface area contributed by atoms with Gasteiger partial charge in [-0.1, -0.05) is 202 Å². The number of benzene rings is 11. The zero-order valence-corrected chi connectivity index (χ0v) is 39.1. The molecule has 0 spiro atoms. The van der Waals surface area contributed by atoms with Gasteiger partial charge < -0.3 is 9.47 Å². The minimum atomic E-state index is -0.520. The molecule has 0 bridgehead atoms. The molecular formula is C68H48N2. The molecule has 0 atom stereocenters. The number of aromatic nitrogens is 1. The second-order valence-corrected chi connectivity index (χ2v) is 19.6. The highest BCUT2D eigenvalue weighted by Gasteiger charge is 2.46. The Labute approximate surface area is 409 Å². The van der Waals surface area contributed by atoms with Gasteiger partial charge in [0.1, 0.15) is 0 Å². The van der Waals surface area contributed by atoms with Crippen LogP contribution in [0, 0.1) is 0 Å². The van der Waals surface area contributed by atoms with Crippen molar-refractivity contribution in [2.24, 2.45) is 0 Å². The minimum absolute atomic E-state index is 0.191. The van der Waals surface area contributed by atoms with Gasteiger partial charge >= 0.3 is 0 Å². The average molecular weight is 893 g/mol. The Balaban J connectivity index is 1.02. The van der Waals surface area contributed by atoms with Crippen LogP contribution in [0.5, 0.6) is 0 Å². The van der Waals surface area contributed by atoms with Crippen LogP contribution in [0.25, 0.3) is 71.6 Å². The van der Waals surface area contributed by atoms with E-state index < -0.39 is 5.41 Å². The predicted octanol–water partition coefficient (Wildman–Crippen LogP) is 17.7. The van der Waals surface area contributed by atoms with E-state index >= 15 is 0 Å². The standard InChI is InChI=1S/C68H48N2/c1-67(2)62-39-32-47-20-12-13-25-54(47)66(62)57-38-36-53(44-63(57)67)69(51-34-30-46(31-35-51)45-18-6-3-7-19-45)52-37-41-65-59(43-52)58-42-49(33-40-64(58)70(65)50-23-10-5-11-24-50)68(48-21-8-4-9-22-48)60-28-16-14-26-55(60)56-27-15-17-29-61(56)68/h3-44H,1-2H3. The summed E-state index contributed by atoms with van der Waals surface area (Å²) in [6.07, 6.45) is 0. The molecule has 0 N–H and O–H groups in total. The number of fused-ring (bicyclic) bond motifs is 11. The molecule has 2 aliphatic rings. The first kappa shape index (κ1) is 40.4. The molecule has 0 fully saturated rings. The fraction of sp³-hybridized carbons (Fsp3) is 0.0588. The van der Waals surface area contributed by atoms with Crippen LogP contribution in [-0.4, -0.2) is 4.57 Å². The largest absolute Gasteiger partial charge is 0.310 e. The van der Waals surface area contributed by atoms with Gasteiger partial charge in [0.2, 0.25) is 0 Å². The number of hydrogen-bond donors (Lipinski definition) is 0. The number of nitrogens with zero attached hydrogens (tertiary/aromatic N) is 2. The van der Waals surface area contributed by atoms with E-state index in [1.54, 1.807) is 0 Å². The monoisotopic (exact) mass is 892 g/mol. The highest BCUT2D eigenvalue weighted by molar-refractivity contribution is 6.11. The van der Waals surface area contributed by atoms with Crippen molar-refractivity contribution in [1.82, 2.24) is 4.57 Å². The van der Waals surface area contributed by atoms with Crippen LogP contribution in [0.1, 0.15) is 47.2 Å². The van der Waals surface area contributed by atoms with Gasteiger partial charge in [0.25, 0.3) is 0 Å². The van der Waals surface area contributed by atoms with Gasteiger partial charge in [-0.2, -0.15) is 0 Å². The predicted molar refractivity (Wildman–Crippen MR) is 293 cm³/mol. The molecule has 330 valence electrons. The summed E-state index contributed by atoms with van der Waals surface area (Å²) in [6.45, 7) is 4.78. The van der Waals surface area contributed by atoms with Crippen LogP contribution in [0.3, 0.4) is 0 Å². The van der Waals surface area contributed by atoms with Gasteiger partial charge in [0.05, 0.1) is 16.4 Å². The average Bonchev–Trinajstić information content (AvgIpc) is 4.00. The molecule has 2 nitrogen and oxygen atoms in total. The molecule has 0 saturated heterocycles. The number of anilines is 3. The van der Waals surface area contributed by atoms with Crippen molar-refractivity contribution >= 4 is 49.6 Å². The number of para-hydroxylation sites is 1. The van der Waals surface area contributed by atoms with E-state index in [1.807, 2.05) is 0 Å². The van der Waals surface area contributed by atoms with Crippen LogP contribution in [0.4, 0.5) is 17.1 Å². The summed E-state index contributed by atoms with van der Waals surface area (Å²) >= 11 is 0. The molecule has 0 radical (unpaired) electrons. The van der Waals surface area contributed by atoms with Crippen LogP contribution >= 0.6 is 0 Å². The van der Waals surface area contributed by atoms with Crippen LogP contribution in [0.2, 0.25) is 0 Å². The van der Waals surface area contributed by atoms with Crippen molar-refractivity contribution in [3.05, 3.63) is 288 Å². The Kier molecular flexibility index (Phi) is 8.88. The molecular weight excluding hydrogens is 845 g/mol. The van der Waals surface area contributed by atoms with Crippen molar-refractivity contribution in [2.75, 3.05) is 4.90 Å². The fourth-order valence-corrected chi connectivity index (χ4v) is 12.5. The topological polar surface area (TPSA) is 8.17 Å². The quantitative estimate of drug-likeness (QED) is 0.155. The van der Waals surface area contributed by atoms with Gasteiger partial charge in [-0.25, -0.2) is 0 Å². The summed E-state index contributed by atoms with van der Waals surface area (Å²) in [5.74, 6) is 0. The maximum absolute atomic E-state index is 2.51. The molecule has 0 amide bonds. The lowest BCUT2D eigenvalue weighted by Crippen LogP contribution is -2.28. The first-order valence-electron chi connectivity index (χ1n) is 24.5. The van der Waals surface area contributed by atoms with Gasteiger partial charge in [0, 0.05) is 38.9 Å². The summed E-state index contributed by atoms with van der Waals surface area (Å²) in [4.78, 5) is 2.47. The molecule has 0 unspecified atom stereocenters. The number of hydrogen-bond acceptors (Lipinski definition) is 1. The SMILES string of the molecule is CC1(C)c2cc(N(c3ccc(-c4ccccc4)cc3)c3ccc4c(c3)c3cc(C5(c6ccccc6)c6ccccc6-c6ccccc65)ccc3n4-c3ccccc3)ccc2-c2c1ccc1ccccc21. The third kappa shape index (κ3) is 5.80. The minimum Gasteiger partial charge on any atom is -0.310 e. The van der Waals surface area contributed by atoms with Gasteiger partial charge in [-0.05, 0) is 144 Å². The number of rotatable bonds is 7. The van der Waals surface area contributed by atoms with Gasteiger partial charge in [-0.3, -0.25) is 0 Å². The third-order valence-electron chi connectivity index (χ3n) is 15.7. The molecule has 2 aliphatic carbocycles. The van der Waals surface area contributed by atoms with Crippen molar-refractivity contribution in [2.45, 2.75) is 24.7 Å². The van der Waals surface area contributed by atoms with Crippen molar-refractivity contribution in [3.8, 4) is 39.1 Å². The lowest BCUT2D eigenvalue weighted by molar-refractivity contribution is 0.661. The molecule has 1 aromatic heterocycles. The van der Waals surface area contributed by atoms with Crippen LogP contribution in [-0.2, 0) is 10.8 Å². The first-order chi connectivity index (χ1) is 34.5. The second-order valence-electron chi connectivity index (χ2n) is 19.6. The highest BCUT2D eigenvalue weighted by Crippen LogP contribution is 2.57. The summed E-state index contributed by atoms with van der Waals surface area (Å²) in [5, 5.41) is 5.00. The third-order valence-corrected chi connectivity index (χ3v) is 15.7. The zero-order chi connectivity index (χ0) is 46.6. The Hall–Kier alpha value is -8.72. The molecule has 0 saturated carbocycles. The molecule has 12 aromatic rings. The maximum atomic E-state index is 2.51. The first-order valence-corrected chi connectivity index (χ1v) is 24.5. The Bertz CT molecular complexity index is 3970. The van der Waals surface area contributed by atoms with E-state index in [0.717, 1.165) is 22.7 Å². The summed E-state index contributed by atoms with van der Waals surface area (Å²) in [6, 6.07) is 94.8. The molecule has 14 rings (SSSR count).